The van der Waals surface area contributed by atoms with Crippen molar-refractivity contribution in [3.8, 4) is 5.88 Å². The van der Waals surface area contributed by atoms with E-state index >= 15 is 0 Å². The number of aromatic nitrogens is 1. The third kappa shape index (κ3) is 3.62. The van der Waals surface area contributed by atoms with Crippen molar-refractivity contribution in [2.24, 2.45) is 10.9 Å². The molecular weight excluding hydrogens is 268 g/mol. The Morgan fingerprint density at radius 3 is 2.90 bits per heavy atom. The molecule has 0 fully saturated rings. The third-order valence-corrected chi connectivity index (χ3v) is 3.12. The highest BCUT2D eigenvalue weighted by molar-refractivity contribution is 5.97. The Bertz CT molecular complexity index is 643. The van der Waals surface area contributed by atoms with Crippen molar-refractivity contribution in [1.29, 1.82) is 0 Å². The number of nitrogens with zero attached hydrogens (tertiary/aromatic N) is 3. The van der Waals surface area contributed by atoms with Gasteiger partial charge in [0.25, 0.3) is 0 Å². The van der Waals surface area contributed by atoms with Crippen molar-refractivity contribution < 1.29 is 9.94 Å². The van der Waals surface area contributed by atoms with E-state index in [2.05, 4.69) is 15.0 Å². The van der Waals surface area contributed by atoms with E-state index in [1.54, 1.807) is 19.4 Å². The Labute approximate surface area is 123 Å². The third-order valence-electron chi connectivity index (χ3n) is 3.12. The number of methoxy groups -OCH3 is 1. The molecule has 0 aliphatic heterocycles. The Balaban J connectivity index is 2.17. The molecule has 1 aromatic heterocycles. The zero-order valence-electron chi connectivity index (χ0n) is 12.0. The maximum atomic E-state index is 8.73. The fourth-order valence-corrected chi connectivity index (χ4v) is 2.00. The molecule has 110 valence electrons. The minimum Gasteiger partial charge on any atom is -0.481 e. The van der Waals surface area contributed by atoms with Crippen LogP contribution in [0.25, 0.3) is 0 Å². The van der Waals surface area contributed by atoms with Gasteiger partial charge in [0.1, 0.15) is 0 Å². The predicted octanol–water partition coefficient (Wildman–Crippen LogP) is 1.82. The predicted molar refractivity (Wildman–Crippen MR) is 81.8 cm³/mol. The number of benzene rings is 1. The lowest BCUT2D eigenvalue weighted by Crippen LogP contribution is -2.18. The molecule has 0 bridgehead atoms. The highest BCUT2D eigenvalue weighted by atomic mass is 16.5. The van der Waals surface area contributed by atoms with Gasteiger partial charge in [0.2, 0.25) is 5.88 Å². The first kappa shape index (κ1) is 14.6. The summed E-state index contributed by atoms with van der Waals surface area (Å²) < 4.78 is 5.12. The van der Waals surface area contributed by atoms with Gasteiger partial charge in [0, 0.05) is 37.1 Å². The molecule has 0 radical (unpaired) electrons. The van der Waals surface area contributed by atoms with Crippen LogP contribution in [0.3, 0.4) is 0 Å². The molecule has 2 aromatic rings. The summed E-state index contributed by atoms with van der Waals surface area (Å²) in [6.45, 7) is 0.680. The summed E-state index contributed by atoms with van der Waals surface area (Å²) in [6.07, 6.45) is 1.71. The maximum absolute atomic E-state index is 8.73. The van der Waals surface area contributed by atoms with Gasteiger partial charge in [0.05, 0.1) is 7.11 Å². The second-order valence-electron chi connectivity index (χ2n) is 4.60. The van der Waals surface area contributed by atoms with Crippen LogP contribution in [0.2, 0.25) is 0 Å². The van der Waals surface area contributed by atoms with E-state index in [4.69, 9.17) is 15.7 Å². The summed E-state index contributed by atoms with van der Waals surface area (Å²) in [5.74, 6) is 0.676. The smallest absolute Gasteiger partial charge is 0.214 e. The molecule has 0 aliphatic rings. The van der Waals surface area contributed by atoms with Gasteiger partial charge in [-0.3, -0.25) is 0 Å². The van der Waals surface area contributed by atoms with Crippen molar-refractivity contribution in [2.45, 2.75) is 6.54 Å². The van der Waals surface area contributed by atoms with Gasteiger partial charge in [-0.25, -0.2) is 4.98 Å². The van der Waals surface area contributed by atoms with E-state index in [-0.39, 0.29) is 5.84 Å². The van der Waals surface area contributed by atoms with Crippen LogP contribution in [-0.2, 0) is 6.54 Å². The summed E-state index contributed by atoms with van der Waals surface area (Å²) in [6, 6.07) is 11.3. The van der Waals surface area contributed by atoms with Crippen LogP contribution in [-0.4, -0.2) is 30.2 Å². The number of hydrogen-bond donors (Lipinski definition) is 2. The number of rotatable bonds is 5. The van der Waals surface area contributed by atoms with Gasteiger partial charge in [-0.05, 0) is 17.7 Å². The minimum absolute atomic E-state index is 0.102. The van der Waals surface area contributed by atoms with E-state index < -0.39 is 0 Å². The molecule has 0 saturated heterocycles. The fraction of sp³-hybridized carbons (Fsp3) is 0.200. The standard InChI is InChI=1S/C15H18N4O2/c1-19(13-6-7-17-14(9-13)21-2)10-11-4-3-5-12(8-11)15(16)18-20/h3-9,20H,10H2,1-2H3,(H2,16,18). The quantitative estimate of drug-likeness (QED) is 0.379. The highest BCUT2D eigenvalue weighted by Crippen LogP contribution is 2.19. The number of nitrogens with two attached hydrogens (primary N) is 1. The average molecular weight is 286 g/mol. The van der Waals surface area contributed by atoms with Crippen LogP contribution < -0.4 is 15.4 Å². The number of pyridine rings is 1. The van der Waals surface area contributed by atoms with Crippen molar-refractivity contribution >= 4 is 11.5 Å². The normalized spacial score (nSPS) is 11.2. The van der Waals surface area contributed by atoms with Crippen LogP contribution in [0.5, 0.6) is 5.88 Å². The van der Waals surface area contributed by atoms with Crippen LogP contribution in [0.4, 0.5) is 5.69 Å². The number of hydrogen-bond acceptors (Lipinski definition) is 5. The van der Waals surface area contributed by atoms with Crippen molar-refractivity contribution in [2.75, 3.05) is 19.1 Å². The lowest BCUT2D eigenvalue weighted by Gasteiger charge is -2.20. The van der Waals surface area contributed by atoms with Crippen molar-refractivity contribution in [1.82, 2.24) is 4.98 Å². The van der Waals surface area contributed by atoms with Gasteiger partial charge >= 0.3 is 0 Å². The largest absolute Gasteiger partial charge is 0.481 e. The number of amidine groups is 1. The number of oxime groups is 1. The molecule has 1 heterocycles. The van der Waals surface area contributed by atoms with E-state index in [1.807, 2.05) is 37.4 Å². The van der Waals surface area contributed by atoms with Crippen LogP contribution in [0, 0.1) is 0 Å². The fourth-order valence-electron chi connectivity index (χ4n) is 2.00. The summed E-state index contributed by atoms with van der Waals surface area (Å²) in [7, 11) is 3.57. The Morgan fingerprint density at radius 2 is 2.19 bits per heavy atom. The molecular formula is C15H18N4O2. The number of ether oxygens (including phenoxy) is 1. The zero-order valence-corrected chi connectivity index (χ0v) is 12.0. The highest BCUT2D eigenvalue weighted by Gasteiger charge is 2.06. The molecule has 6 nitrogen and oxygen atoms in total. The SMILES string of the molecule is COc1cc(N(C)Cc2cccc(/C(N)=N/O)c2)ccn1. The van der Waals surface area contributed by atoms with Gasteiger partial charge < -0.3 is 20.6 Å². The molecule has 0 unspecified atom stereocenters. The molecule has 0 spiro atoms. The number of anilines is 1. The molecule has 0 amide bonds. The van der Waals surface area contributed by atoms with E-state index in [0.717, 1.165) is 11.3 Å². The monoisotopic (exact) mass is 286 g/mol. The lowest BCUT2D eigenvalue weighted by molar-refractivity contribution is 0.318. The molecule has 0 saturated carbocycles. The Morgan fingerprint density at radius 1 is 1.38 bits per heavy atom. The van der Waals surface area contributed by atoms with Gasteiger partial charge in [-0.1, -0.05) is 23.4 Å². The topological polar surface area (TPSA) is 84.0 Å². The van der Waals surface area contributed by atoms with E-state index in [1.165, 1.54) is 0 Å². The van der Waals surface area contributed by atoms with E-state index in [9.17, 15) is 0 Å². The van der Waals surface area contributed by atoms with Gasteiger partial charge in [-0.15, -0.1) is 0 Å². The first-order valence-electron chi connectivity index (χ1n) is 6.42. The molecule has 1 aromatic carbocycles. The molecule has 21 heavy (non-hydrogen) atoms. The Kier molecular flexibility index (Phi) is 4.61. The summed E-state index contributed by atoms with van der Waals surface area (Å²) in [5, 5.41) is 11.7. The molecule has 0 aliphatic carbocycles. The first-order chi connectivity index (χ1) is 10.1. The first-order valence-corrected chi connectivity index (χ1v) is 6.42. The second kappa shape index (κ2) is 6.60. The van der Waals surface area contributed by atoms with E-state index in [0.29, 0.717) is 18.0 Å². The van der Waals surface area contributed by atoms with Crippen LogP contribution in [0.15, 0.2) is 47.8 Å². The van der Waals surface area contributed by atoms with Gasteiger partial charge in [0.15, 0.2) is 5.84 Å². The van der Waals surface area contributed by atoms with Gasteiger partial charge in [-0.2, -0.15) is 0 Å². The molecule has 3 N–H and O–H groups in total. The van der Waals surface area contributed by atoms with Crippen molar-refractivity contribution in [3.05, 3.63) is 53.7 Å². The Hall–Kier alpha value is -2.76. The average Bonchev–Trinajstić information content (AvgIpc) is 2.54. The summed E-state index contributed by atoms with van der Waals surface area (Å²) >= 11 is 0. The maximum Gasteiger partial charge on any atom is 0.214 e. The minimum atomic E-state index is 0.102. The zero-order chi connectivity index (χ0) is 15.2. The lowest BCUT2D eigenvalue weighted by atomic mass is 10.1. The van der Waals surface area contributed by atoms with Crippen LogP contribution in [0.1, 0.15) is 11.1 Å². The summed E-state index contributed by atoms with van der Waals surface area (Å²) in [5.41, 5.74) is 8.34. The second-order valence-corrected chi connectivity index (χ2v) is 4.60. The van der Waals surface area contributed by atoms with Crippen LogP contribution >= 0.6 is 0 Å². The molecule has 0 atom stereocenters. The molecule has 2 rings (SSSR count). The summed E-state index contributed by atoms with van der Waals surface area (Å²) in [4.78, 5) is 6.15. The molecule has 6 heteroatoms. The van der Waals surface area contributed by atoms with Crippen molar-refractivity contribution in [3.63, 3.8) is 0 Å².